The Bertz CT molecular complexity index is 968. The zero-order valence-electron chi connectivity index (χ0n) is 22.9. The third-order valence-electron chi connectivity index (χ3n) is 11.3. The molecule has 0 aliphatic heterocycles. The summed E-state index contributed by atoms with van der Waals surface area (Å²) in [5, 5.41) is 5.73. The van der Waals surface area contributed by atoms with E-state index in [0.717, 1.165) is 32.1 Å². The molecular formula is C27H42Br2N2O5. The third kappa shape index (κ3) is 3.36. The van der Waals surface area contributed by atoms with Crippen molar-refractivity contribution in [3.05, 3.63) is 0 Å². The van der Waals surface area contributed by atoms with Gasteiger partial charge in [-0.3, -0.25) is 19.2 Å². The van der Waals surface area contributed by atoms with E-state index >= 15 is 0 Å². The lowest BCUT2D eigenvalue weighted by Gasteiger charge is -2.39. The van der Waals surface area contributed by atoms with E-state index in [-0.39, 0.29) is 49.3 Å². The summed E-state index contributed by atoms with van der Waals surface area (Å²) < 4.78 is 4.99. The first-order valence-corrected chi connectivity index (χ1v) is 14.7. The van der Waals surface area contributed by atoms with E-state index in [0.29, 0.717) is 13.2 Å². The largest absolute Gasteiger partial charge is 0.385 e. The molecule has 4 rings (SSSR count). The maximum Gasteiger partial charge on any atom is 0.228 e. The number of alkyl halides is 2. The predicted octanol–water partition coefficient (Wildman–Crippen LogP) is 4.19. The number of ether oxygens (including phenoxy) is 1. The van der Waals surface area contributed by atoms with Gasteiger partial charge >= 0.3 is 0 Å². The van der Waals surface area contributed by atoms with E-state index in [4.69, 9.17) is 4.74 Å². The molecule has 0 radical (unpaired) electrons. The number of carbonyl (C=O) groups excluding carboxylic acids is 4. The Morgan fingerprint density at radius 3 is 1.58 bits per heavy atom. The summed E-state index contributed by atoms with van der Waals surface area (Å²) in [5.74, 6) is 0.372. The highest BCUT2D eigenvalue weighted by molar-refractivity contribution is 9.10. The van der Waals surface area contributed by atoms with Crippen LogP contribution < -0.4 is 10.6 Å². The van der Waals surface area contributed by atoms with Crippen LogP contribution in [-0.2, 0) is 23.9 Å². The number of ketones is 2. The second kappa shape index (κ2) is 9.44. The van der Waals surface area contributed by atoms with E-state index < -0.39 is 16.2 Å². The number of halogens is 2. The van der Waals surface area contributed by atoms with Gasteiger partial charge in [0.25, 0.3) is 0 Å². The molecule has 6 unspecified atom stereocenters. The minimum atomic E-state index is -0.619. The van der Waals surface area contributed by atoms with Crippen molar-refractivity contribution in [1.29, 1.82) is 0 Å². The highest BCUT2D eigenvalue weighted by Gasteiger charge is 2.77. The molecule has 36 heavy (non-hydrogen) atoms. The summed E-state index contributed by atoms with van der Waals surface area (Å²) in [4.78, 5) is 49.1. The fourth-order valence-electron chi connectivity index (χ4n) is 7.71. The molecule has 2 N–H and O–H groups in total. The monoisotopic (exact) mass is 632 g/mol. The Kier molecular flexibility index (Phi) is 7.80. The minimum Gasteiger partial charge on any atom is -0.385 e. The van der Waals surface area contributed by atoms with Gasteiger partial charge < -0.3 is 15.4 Å². The van der Waals surface area contributed by atoms with Gasteiger partial charge in [-0.15, -0.1) is 0 Å². The molecule has 0 aromatic heterocycles. The van der Waals surface area contributed by atoms with Crippen molar-refractivity contribution in [2.75, 3.05) is 27.3 Å². The molecule has 4 aliphatic rings. The smallest absolute Gasteiger partial charge is 0.228 e. The first-order chi connectivity index (χ1) is 16.5. The molecule has 6 atom stereocenters. The van der Waals surface area contributed by atoms with Crippen LogP contribution >= 0.6 is 31.9 Å². The molecule has 0 heterocycles. The Labute approximate surface area is 232 Å². The molecular weight excluding hydrogens is 592 g/mol. The SMILES string of the molecule is CNC(=O)C12CCC(C)(C(=O)C1Br)C2(C)C.COCCCNC(=O)C12CCC(C)(C(=O)C1Br)C2(C)C. The molecule has 9 heteroatoms. The summed E-state index contributed by atoms with van der Waals surface area (Å²) in [5.41, 5.74) is -2.57. The molecule has 0 spiro atoms. The zero-order chi connectivity index (χ0) is 27.5. The number of rotatable bonds is 6. The van der Waals surface area contributed by atoms with Crippen LogP contribution in [-0.4, -0.2) is 60.3 Å². The second-order valence-electron chi connectivity index (χ2n) is 12.5. The van der Waals surface area contributed by atoms with Gasteiger partial charge in [0.1, 0.15) is 0 Å². The maximum atomic E-state index is 12.8. The highest BCUT2D eigenvalue weighted by atomic mass is 79.9. The Morgan fingerprint density at radius 2 is 1.25 bits per heavy atom. The molecule has 4 aliphatic carbocycles. The summed E-state index contributed by atoms with van der Waals surface area (Å²) in [6.45, 7) is 13.5. The number of amides is 2. The third-order valence-corrected chi connectivity index (χ3v) is 13.7. The van der Waals surface area contributed by atoms with Gasteiger partial charge in [-0.2, -0.15) is 0 Å². The van der Waals surface area contributed by atoms with Crippen LogP contribution in [0.3, 0.4) is 0 Å². The number of carbonyl (C=O) groups is 4. The van der Waals surface area contributed by atoms with Crippen LogP contribution in [0.25, 0.3) is 0 Å². The average Bonchev–Trinajstić information content (AvgIpc) is 3.27. The highest BCUT2D eigenvalue weighted by Crippen LogP contribution is 2.73. The predicted molar refractivity (Wildman–Crippen MR) is 146 cm³/mol. The van der Waals surface area contributed by atoms with E-state index in [1.54, 1.807) is 14.2 Å². The number of nitrogens with one attached hydrogen (secondary N) is 2. The number of fused-ring (bicyclic) bond motifs is 4. The Morgan fingerprint density at radius 1 is 0.833 bits per heavy atom. The summed E-state index contributed by atoms with van der Waals surface area (Å²) in [7, 11) is 3.29. The van der Waals surface area contributed by atoms with E-state index in [2.05, 4.69) is 70.2 Å². The molecule has 4 fully saturated rings. The normalized spacial score (nSPS) is 41.2. The van der Waals surface area contributed by atoms with Crippen LogP contribution in [0.5, 0.6) is 0 Å². The van der Waals surface area contributed by atoms with Gasteiger partial charge in [-0.25, -0.2) is 0 Å². The van der Waals surface area contributed by atoms with Gasteiger partial charge in [0, 0.05) is 38.1 Å². The lowest BCUT2D eigenvalue weighted by atomic mass is 9.64. The summed E-state index contributed by atoms with van der Waals surface area (Å²) in [6, 6.07) is 0. The molecule has 4 bridgehead atoms. The standard InChI is InChI=1S/C15H24BrNO3.C12H18BrNO2/c1-13(2)14(3)6-7-15(13,10(16)11(14)18)12(19)17-8-5-9-20-4;1-10(2)11(3)5-6-12(10,9(16)14-4)7(13)8(11)15/h10H,5-9H2,1-4H3,(H,17,19);7H,5-6H2,1-4H3,(H,14,16). The molecule has 0 aromatic carbocycles. The first kappa shape index (κ1) is 29.8. The van der Waals surface area contributed by atoms with Crippen molar-refractivity contribution < 1.29 is 23.9 Å². The molecule has 7 nitrogen and oxygen atoms in total. The van der Waals surface area contributed by atoms with E-state index in [1.807, 2.05) is 13.8 Å². The van der Waals surface area contributed by atoms with Crippen molar-refractivity contribution in [3.8, 4) is 0 Å². The fraction of sp³-hybridized carbons (Fsp3) is 0.852. The van der Waals surface area contributed by atoms with Crippen molar-refractivity contribution in [2.24, 2.45) is 32.5 Å². The Hall–Kier alpha value is -0.800. The van der Waals surface area contributed by atoms with Crippen molar-refractivity contribution in [2.45, 2.75) is 83.3 Å². The van der Waals surface area contributed by atoms with Gasteiger partial charge in [0.15, 0.2) is 11.6 Å². The van der Waals surface area contributed by atoms with E-state index in [9.17, 15) is 19.2 Å². The van der Waals surface area contributed by atoms with Gasteiger partial charge in [0.05, 0.1) is 20.5 Å². The Balaban J connectivity index is 0.000000205. The zero-order valence-corrected chi connectivity index (χ0v) is 26.1. The van der Waals surface area contributed by atoms with Crippen LogP contribution in [0.15, 0.2) is 0 Å². The lowest BCUT2D eigenvalue weighted by Crippen LogP contribution is -2.51. The van der Waals surface area contributed by atoms with E-state index in [1.165, 1.54) is 0 Å². The van der Waals surface area contributed by atoms with Crippen molar-refractivity contribution >= 4 is 55.2 Å². The number of hydrogen-bond donors (Lipinski definition) is 2. The maximum absolute atomic E-state index is 12.8. The summed E-state index contributed by atoms with van der Waals surface area (Å²) in [6.07, 6.45) is 3.96. The van der Waals surface area contributed by atoms with Crippen LogP contribution in [0.4, 0.5) is 0 Å². The van der Waals surface area contributed by atoms with Gasteiger partial charge in [0.2, 0.25) is 11.8 Å². The topological polar surface area (TPSA) is 102 Å². The fourth-order valence-corrected chi connectivity index (χ4v) is 10.7. The molecule has 4 saturated carbocycles. The van der Waals surface area contributed by atoms with Crippen LogP contribution in [0.1, 0.15) is 73.6 Å². The van der Waals surface area contributed by atoms with Crippen molar-refractivity contribution in [3.63, 3.8) is 0 Å². The first-order valence-electron chi connectivity index (χ1n) is 12.9. The lowest BCUT2D eigenvalue weighted by molar-refractivity contribution is -0.136. The molecule has 204 valence electrons. The van der Waals surface area contributed by atoms with Crippen LogP contribution in [0, 0.1) is 32.5 Å². The summed E-state index contributed by atoms with van der Waals surface area (Å²) >= 11 is 6.98. The van der Waals surface area contributed by atoms with Crippen LogP contribution in [0.2, 0.25) is 0 Å². The average molecular weight is 634 g/mol. The minimum absolute atomic E-state index is 0.00560. The molecule has 0 aromatic rings. The number of Topliss-reactive ketones (excluding diaryl/α,β-unsaturated/α-hetero) is 2. The second-order valence-corrected chi connectivity index (χ2v) is 14.3. The molecule has 2 amide bonds. The van der Waals surface area contributed by atoms with Crippen molar-refractivity contribution in [1.82, 2.24) is 10.6 Å². The van der Waals surface area contributed by atoms with Gasteiger partial charge in [-0.05, 0) is 42.9 Å². The van der Waals surface area contributed by atoms with Gasteiger partial charge in [-0.1, -0.05) is 73.4 Å². The number of hydrogen-bond acceptors (Lipinski definition) is 5. The molecule has 0 saturated heterocycles. The number of methoxy groups -OCH3 is 1. The quantitative estimate of drug-likeness (QED) is 0.337.